The molecule has 1 aliphatic heterocycles. The molecule has 1 heterocycles. The smallest absolute Gasteiger partial charge is 0.410 e. The van der Waals surface area contributed by atoms with Crippen molar-refractivity contribution < 1.29 is 47.7 Å². The van der Waals surface area contributed by atoms with E-state index in [-0.39, 0.29) is 77.8 Å². The van der Waals surface area contributed by atoms with Crippen LogP contribution in [0, 0.1) is 58.7 Å². The highest BCUT2D eigenvalue weighted by atomic mass is 16.6. The predicted octanol–water partition coefficient (Wildman–Crippen LogP) is 9.61. The van der Waals surface area contributed by atoms with E-state index in [1.54, 1.807) is 54.0 Å². The van der Waals surface area contributed by atoms with E-state index in [4.69, 9.17) is 18.9 Å². The van der Waals surface area contributed by atoms with Gasteiger partial charge in [-0.05, 0) is 120 Å². The Morgan fingerprint density at radius 3 is 1.90 bits per heavy atom. The van der Waals surface area contributed by atoms with E-state index in [0.717, 1.165) is 49.0 Å². The van der Waals surface area contributed by atoms with Crippen LogP contribution in [0.4, 0.5) is 4.79 Å². The summed E-state index contributed by atoms with van der Waals surface area (Å²) in [6, 6.07) is 8.14. The monoisotopic (exact) mass is 978 g/mol. The highest BCUT2D eigenvalue weighted by Crippen LogP contribution is 2.60. The molecular weight excluding hydrogens is 887 g/mol. The number of esters is 1. The van der Waals surface area contributed by atoms with Crippen molar-refractivity contribution in [3.8, 4) is 0 Å². The number of benzene rings is 1. The summed E-state index contributed by atoms with van der Waals surface area (Å²) < 4.78 is 24.1. The van der Waals surface area contributed by atoms with Crippen LogP contribution in [-0.2, 0) is 49.3 Å². The quantitative estimate of drug-likeness (QED) is 0.0868. The second-order valence-electron chi connectivity index (χ2n) is 24.0. The highest BCUT2D eigenvalue weighted by Gasteiger charge is 2.52. The Bertz CT molecular complexity index is 1890. The van der Waals surface area contributed by atoms with Crippen LogP contribution in [-0.4, -0.2) is 128 Å². The number of carbonyl (C=O) groups is 6. The second-order valence-corrected chi connectivity index (χ2v) is 24.0. The normalized spacial score (nSPS) is 25.4. The summed E-state index contributed by atoms with van der Waals surface area (Å²) in [5.74, 6) is -1.23. The first-order chi connectivity index (χ1) is 32.9. The predicted molar refractivity (Wildman–Crippen MR) is 272 cm³/mol. The number of carbonyl (C=O) groups excluding carboxylic acids is 6. The van der Waals surface area contributed by atoms with Crippen molar-refractivity contribution in [3.05, 3.63) is 35.9 Å². The van der Waals surface area contributed by atoms with Crippen molar-refractivity contribution in [1.29, 1.82) is 0 Å². The number of nitrogens with zero attached hydrogens (tertiary/aromatic N) is 3. The number of Topliss-reactive ketones (excluding diaryl/α,β-unsaturated/α-hetero) is 2. The maximum atomic E-state index is 14.7. The fraction of sp³-hybridized carbons (Fsp3) is 0.789. The summed E-state index contributed by atoms with van der Waals surface area (Å²) in [5.41, 5.74) is 0.301. The molecule has 6 rings (SSSR count). The van der Waals surface area contributed by atoms with Crippen LogP contribution in [0.3, 0.4) is 0 Å². The van der Waals surface area contributed by atoms with Gasteiger partial charge in [-0.1, -0.05) is 85.2 Å². The van der Waals surface area contributed by atoms with Gasteiger partial charge >= 0.3 is 12.1 Å². The summed E-state index contributed by atoms with van der Waals surface area (Å²) in [6.45, 7) is 19.8. The van der Waals surface area contributed by atoms with Crippen LogP contribution < -0.4 is 0 Å². The van der Waals surface area contributed by atoms with Crippen LogP contribution in [0.2, 0.25) is 0 Å². The fourth-order valence-corrected chi connectivity index (χ4v) is 13.4. The fourth-order valence-electron chi connectivity index (χ4n) is 13.4. The van der Waals surface area contributed by atoms with Gasteiger partial charge in [0, 0.05) is 65.0 Å². The van der Waals surface area contributed by atoms with Crippen LogP contribution in [0.15, 0.2) is 30.3 Å². The Balaban J connectivity index is 1.27. The molecule has 5 aliphatic rings. The van der Waals surface area contributed by atoms with Gasteiger partial charge in [0.1, 0.15) is 11.4 Å². The number of hydrogen-bond donors (Lipinski definition) is 0. The molecular formula is C57H91N3O10. The van der Waals surface area contributed by atoms with Gasteiger partial charge in [-0.3, -0.25) is 24.0 Å². The maximum absolute atomic E-state index is 14.7. The van der Waals surface area contributed by atoms with E-state index in [1.807, 2.05) is 83.7 Å². The van der Waals surface area contributed by atoms with Crippen molar-refractivity contribution in [3.63, 3.8) is 0 Å². The number of hydrogen-bond acceptors (Lipinski definition) is 10. The zero-order valence-electron chi connectivity index (χ0n) is 45.5. The standard InChI is InChI=1S/C57H91N3O10/c1-15-37(6)51(58(11)53(64)44(35(2)3)29-47(62)50(36(4)5)59(12)55(66)70-56(8,9)10)48(67-13)30-49(63)60-23-19-22-45(60)52(68-14)38(7)46(61)28-43(27-39-20-17-16-18-21-39)54(65)69-34-57-31-40-24-41(32-57)26-42(25-40)33-57/h16-18,20-21,35-38,40-45,48,50-52H,15,19,22-34H2,1-14H3/t37-,38-,40?,41?,42?,43+,44-,45-,48+,50-,51-,52+,57?/m0/s1. The van der Waals surface area contributed by atoms with E-state index in [0.29, 0.717) is 32.4 Å². The zero-order valence-corrected chi connectivity index (χ0v) is 45.5. The average Bonchev–Trinajstić information content (AvgIpc) is 3.78. The van der Waals surface area contributed by atoms with Gasteiger partial charge in [0.2, 0.25) is 11.8 Å². The molecule has 394 valence electrons. The van der Waals surface area contributed by atoms with Crippen LogP contribution in [0.25, 0.3) is 0 Å². The Kier molecular flexibility index (Phi) is 20.2. The molecule has 70 heavy (non-hydrogen) atoms. The first-order valence-electron chi connectivity index (χ1n) is 26.8. The Morgan fingerprint density at radius 2 is 1.39 bits per heavy atom. The summed E-state index contributed by atoms with van der Waals surface area (Å²) in [6.07, 6.45) is 7.88. The minimum atomic E-state index is -0.792. The first-order valence-corrected chi connectivity index (χ1v) is 26.8. The summed E-state index contributed by atoms with van der Waals surface area (Å²) in [5, 5.41) is 0. The Morgan fingerprint density at radius 1 is 0.786 bits per heavy atom. The largest absolute Gasteiger partial charge is 0.465 e. The molecule has 4 saturated carbocycles. The molecule has 1 aromatic carbocycles. The molecule has 5 fully saturated rings. The van der Waals surface area contributed by atoms with Crippen molar-refractivity contribution >= 4 is 35.4 Å². The number of rotatable bonds is 25. The van der Waals surface area contributed by atoms with Crippen molar-refractivity contribution in [2.75, 3.05) is 41.5 Å². The molecule has 0 radical (unpaired) electrons. The molecule has 9 atom stereocenters. The van der Waals surface area contributed by atoms with Gasteiger partial charge in [-0.25, -0.2) is 4.79 Å². The van der Waals surface area contributed by atoms with Gasteiger partial charge in [-0.2, -0.15) is 0 Å². The average molecular weight is 978 g/mol. The lowest BCUT2D eigenvalue weighted by Gasteiger charge is -2.56. The molecule has 13 heteroatoms. The van der Waals surface area contributed by atoms with Crippen LogP contribution >= 0.6 is 0 Å². The Hall–Kier alpha value is -3.84. The lowest BCUT2D eigenvalue weighted by molar-refractivity contribution is -0.161. The maximum Gasteiger partial charge on any atom is 0.410 e. The van der Waals surface area contributed by atoms with Crippen molar-refractivity contribution in [1.82, 2.24) is 14.7 Å². The Labute approximate surface area is 421 Å². The number of amides is 3. The number of methoxy groups -OCH3 is 2. The second kappa shape index (κ2) is 24.7. The van der Waals surface area contributed by atoms with Crippen LogP contribution in [0.5, 0.6) is 0 Å². The topological polar surface area (TPSA) is 149 Å². The zero-order chi connectivity index (χ0) is 51.8. The molecule has 13 nitrogen and oxygen atoms in total. The van der Waals surface area contributed by atoms with E-state index >= 15 is 0 Å². The molecule has 3 amide bonds. The molecule has 1 aromatic rings. The number of likely N-dealkylation sites (N-methyl/N-ethyl adjacent to an activating group) is 2. The SMILES string of the molecule is CC[C@H](C)[C@@H]([C@@H](CC(=O)N1CCC[C@H]1[C@H](OC)[C@@H](C)C(=O)C[C@@H](Cc1ccccc1)C(=O)OCC12CC3CC(CC(C3)C1)C2)OC)N(C)C(=O)[C@@H](CC(=O)[C@H](C(C)C)N(C)C(=O)OC(C)(C)C)C(C)C. The van der Waals surface area contributed by atoms with Crippen molar-refractivity contribution in [2.24, 2.45) is 58.7 Å². The van der Waals surface area contributed by atoms with E-state index in [1.165, 1.54) is 24.2 Å². The lowest BCUT2D eigenvalue weighted by Crippen LogP contribution is -2.54. The van der Waals surface area contributed by atoms with Gasteiger partial charge in [-0.15, -0.1) is 0 Å². The minimum absolute atomic E-state index is 0.00546. The van der Waals surface area contributed by atoms with E-state index in [2.05, 4.69) is 0 Å². The molecule has 0 spiro atoms. The van der Waals surface area contributed by atoms with Gasteiger partial charge in [0.05, 0.1) is 49.3 Å². The van der Waals surface area contributed by atoms with Gasteiger partial charge < -0.3 is 33.6 Å². The summed E-state index contributed by atoms with van der Waals surface area (Å²) in [4.78, 5) is 89.9. The van der Waals surface area contributed by atoms with Gasteiger partial charge in [0.15, 0.2) is 5.78 Å². The summed E-state index contributed by atoms with van der Waals surface area (Å²) in [7, 11) is 6.45. The third-order valence-corrected chi connectivity index (χ3v) is 16.7. The van der Waals surface area contributed by atoms with Crippen LogP contribution in [0.1, 0.15) is 152 Å². The third-order valence-electron chi connectivity index (χ3n) is 16.7. The number of ketones is 2. The van der Waals surface area contributed by atoms with Gasteiger partial charge in [0.25, 0.3) is 0 Å². The van der Waals surface area contributed by atoms with E-state index < -0.39 is 53.7 Å². The number of likely N-dealkylation sites (tertiary alicyclic amines) is 1. The molecule has 0 unspecified atom stereocenters. The minimum Gasteiger partial charge on any atom is -0.465 e. The summed E-state index contributed by atoms with van der Waals surface area (Å²) >= 11 is 0. The number of ether oxygens (including phenoxy) is 4. The molecule has 4 bridgehead atoms. The molecule has 1 saturated heterocycles. The lowest BCUT2D eigenvalue weighted by atomic mass is 9.50. The van der Waals surface area contributed by atoms with Crippen molar-refractivity contribution in [2.45, 2.75) is 189 Å². The highest BCUT2D eigenvalue weighted by molar-refractivity contribution is 5.92. The third kappa shape index (κ3) is 14.2. The molecule has 4 aliphatic carbocycles. The molecule has 0 aromatic heterocycles. The first kappa shape index (κ1) is 57.1. The van der Waals surface area contributed by atoms with E-state index in [9.17, 15) is 28.8 Å². The molecule has 0 N–H and O–H groups in total.